The lowest BCUT2D eigenvalue weighted by Gasteiger charge is -2.11. The van der Waals surface area contributed by atoms with E-state index in [2.05, 4.69) is 27.9 Å². The zero-order valence-corrected chi connectivity index (χ0v) is 16.1. The molecule has 2 heterocycles. The topological polar surface area (TPSA) is 63.2 Å². The van der Waals surface area contributed by atoms with Crippen molar-refractivity contribution in [1.82, 2.24) is 10.3 Å². The van der Waals surface area contributed by atoms with Crippen LogP contribution in [0.5, 0.6) is 5.75 Å². The summed E-state index contributed by atoms with van der Waals surface area (Å²) in [7, 11) is 0. The van der Waals surface area contributed by atoms with Gasteiger partial charge in [0, 0.05) is 29.4 Å². The van der Waals surface area contributed by atoms with Crippen LogP contribution in [0, 0.1) is 0 Å². The maximum atomic E-state index is 12.2. The molecule has 0 atom stereocenters. The van der Waals surface area contributed by atoms with Gasteiger partial charge >= 0.3 is 6.03 Å². The molecule has 1 aromatic carbocycles. The molecule has 0 saturated heterocycles. The molecule has 0 aliphatic heterocycles. The number of carbonyl (C=O) groups excluding carboxylic acids is 1. The summed E-state index contributed by atoms with van der Waals surface area (Å²) in [6.07, 6.45) is 3.90. The molecule has 0 bridgehead atoms. The average molecular weight is 382 g/mol. The number of anilines is 1. The number of hydrogen-bond donors (Lipinski definition) is 2. The van der Waals surface area contributed by atoms with E-state index in [1.54, 1.807) is 17.5 Å². The SMILES string of the molecule is CCCCOc1ccc(NC(=O)NCc2cccnc2-c2ccsc2)cc1. The van der Waals surface area contributed by atoms with Crippen LogP contribution in [-0.2, 0) is 6.54 Å². The van der Waals surface area contributed by atoms with E-state index < -0.39 is 0 Å². The third-order valence-corrected chi connectivity index (χ3v) is 4.69. The molecule has 140 valence electrons. The Morgan fingerprint density at radius 2 is 2.04 bits per heavy atom. The summed E-state index contributed by atoms with van der Waals surface area (Å²) in [5.41, 5.74) is 3.66. The molecule has 2 amide bonds. The number of aromatic nitrogens is 1. The second-order valence-electron chi connectivity index (χ2n) is 6.06. The van der Waals surface area contributed by atoms with E-state index in [9.17, 15) is 4.79 Å². The number of unbranched alkanes of at least 4 members (excludes halogenated alkanes) is 1. The number of amides is 2. The molecule has 2 aromatic heterocycles. The van der Waals surface area contributed by atoms with Crippen LogP contribution in [0.4, 0.5) is 10.5 Å². The molecule has 2 N–H and O–H groups in total. The Morgan fingerprint density at radius 3 is 2.78 bits per heavy atom. The molecule has 3 rings (SSSR count). The van der Waals surface area contributed by atoms with Crippen molar-refractivity contribution >= 4 is 23.1 Å². The molecule has 27 heavy (non-hydrogen) atoms. The summed E-state index contributed by atoms with van der Waals surface area (Å²) in [6, 6.07) is 13.0. The summed E-state index contributed by atoms with van der Waals surface area (Å²) in [5, 5.41) is 9.79. The van der Waals surface area contributed by atoms with Crippen LogP contribution < -0.4 is 15.4 Å². The summed E-state index contributed by atoms with van der Waals surface area (Å²) in [6.45, 7) is 3.24. The molecule has 0 aliphatic carbocycles. The van der Waals surface area contributed by atoms with Crippen molar-refractivity contribution in [3.8, 4) is 17.0 Å². The van der Waals surface area contributed by atoms with Crippen molar-refractivity contribution in [3.63, 3.8) is 0 Å². The van der Waals surface area contributed by atoms with Crippen molar-refractivity contribution in [1.29, 1.82) is 0 Å². The molecule has 5 nitrogen and oxygen atoms in total. The van der Waals surface area contributed by atoms with Gasteiger partial charge < -0.3 is 15.4 Å². The zero-order chi connectivity index (χ0) is 18.9. The minimum absolute atomic E-state index is 0.255. The maximum absolute atomic E-state index is 12.2. The Balaban J connectivity index is 1.53. The van der Waals surface area contributed by atoms with Gasteiger partial charge in [-0.05, 0) is 53.8 Å². The molecule has 0 saturated carbocycles. The third-order valence-electron chi connectivity index (χ3n) is 4.00. The molecular weight excluding hydrogens is 358 g/mol. The lowest BCUT2D eigenvalue weighted by molar-refractivity contribution is 0.251. The molecule has 3 aromatic rings. The van der Waals surface area contributed by atoms with Crippen LogP contribution in [0.25, 0.3) is 11.3 Å². The van der Waals surface area contributed by atoms with Gasteiger partial charge in [0.15, 0.2) is 0 Å². The Bertz CT molecular complexity index is 848. The van der Waals surface area contributed by atoms with E-state index in [4.69, 9.17) is 4.74 Å². The van der Waals surface area contributed by atoms with Gasteiger partial charge in [0.05, 0.1) is 12.3 Å². The van der Waals surface area contributed by atoms with E-state index in [0.717, 1.165) is 41.1 Å². The highest BCUT2D eigenvalue weighted by molar-refractivity contribution is 7.08. The van der Waals surface area contributed by atoms with E-state index in [1.165, 1.54) is 0 Å². The lowest BCUT2D eigenvalue weighted by atomic mass is 10.1. The minimum Gasteiger partial charge on any atom is -0.494 e. The number of hydrogen-bond acceptors (Lipinski definition) is 4. The zero-order valence-electron chi connectivity index (χ0n) is 15.3. The van der Waals surface area contributed by atoms with Crippen molar-refractivity contribution in [2.75, 3.05) is 11.9 Å². The largest absolute Gasteiger partial charge is 0.494 e. The highest BCUT2D eigenvalue weighted by atomic mass is 32.1. The maximum Gasteiger partial charge on any atom is 0.319 e. The Kier molecular flexibility index (Phi) is 6.82. The summed E-state index contributed by atoms with van der Waals surface area (Å²) in [4.78, 5) is 16.7. The van der Waals surface area contributed by atoms with Crippen LogP contribution in [-0.4, -0.2) is 17.6 Å². The number of benzene rings is 1. The van der Waals surface area contributed by atoms with E-state index in [0.29, 0.717) is 13.2 Å². The number of nitrogens with one attached hydrogen (secondary N) is 2. The van der Waals surface area contributed by atoms with Crippen LogP contribution in [0.3, 0.4) is 0 Å². The molecule has 0 aliphatic rings. The Labute approximate surface area is 163 Å². The predicted octanol–water partition coefficient (Wildman–Crippen LogP) is 5.31. The van der Waals surface area contributed by atoms with Crippen LogP contribution in [0.2, 0.25) is 0 Å². The van der Waals surface area contributed by atoms with Gasteiger partial charge in [-0.15, -0.1) is 0 Å². The smallest absolute Gasteiger partial charge is 0.319 e. The first-order valence-corrected chi connectivity index (χ1v) is 9.94. The van der Waals surface area contributed by atoms with Gasteiger partial charge in [-0.2, -0.15) is 11.3 Å². The molecule has 0 spiro atoms. The van der Waals surface area contributed by atoms with Gasteiger partial charge in [0.1, 0.15) is 5.75 Å². The molecule has 0 unspecified atom stereocenters. The number of nitrogens with zero attached hydrogens (tertiary/aromatic N) is 1. The molecular formula is C21H23N3O2S. The number of thiophene rings is 1. The van der Waals surface area contributed by atoms with E-state index in [1.807, 2.05) is 47.8 Å². The fourth-order valence-corrected chi connectivity index (χ4v) is 3.20. The normalized spacial score (nSPS) is 10.4. The van der Waals surface area contributed by atoms with Crippen molar-refractivity contribution in [3.05, 3.63) is 65.0 Å². The van der Waals surface area contributed by atoms with E-state index in [-0.39, 0.29) is 6.03 Å². The highest BCUT2D eigenvalue weighted by Crippen LogP contribution is 2.23. The minimum atomic E-state index is -0.255. The van der Waals surface area contributed by atoms with Crippen molar-refractivity contribution in [2.45, 2.75) is 26.3 Å². The quantitative estimate of drug-likeness (QED) is 0.520. The number of urea groups is 1. The van der Waals surface area contributed by atoms with Gasteiger partial charge in [-0.1, -0.05) is 19.4 Å². The highest BCUT2D eigenvalue weighted by Gasteiger charge is 2.08. The fourth-order valence-electron chi connectivity index (χ4n) is 2.56. The second-order valence-corrected chi connectivity index (χ2v) is 6.84. The first-order chi connectivity index (χ1) is 13.3. The van der Waals surface area contributed by atoms with Crippen LogP contribution in [0.1, 0.15) is 25.3 Å². The van der Waals surface area contributed by atoms with Gasteiger partial charge in [-0.25, -0.2) is 4.79 Å². The molecule has 6 heteroatoms. The Morgan fingerprint density at radius 1 is 1.19 bits per heavy atom. The van der Waals surface area contributed by atoms with Gasteiger partial charge in [-0.3, -0.25) is 4.98 Å². The number of rotatable bonds is 8. The van der Waals surface area contributed by atoms with E-state index >= 15 is 0 Å². The first kappa shape index (κ1) is 18.9. The monoisotopic (exact) mass is 381 g/mol. The fraction of sp³-hybridized carbons (Fsp3) is 0.238. The van der Waals surface area contributed by atoms with Crippen molar-refractivity contribution in [2.24, 2.45) is 0 Å². The summed E-state index contributed by atoms with van der Waals surface area (Å²) in [5.74, 6) is 0.810. The van der Waals surface area contributed by atoms with Gasteiger partial charge in [0.25, 0.3) is 0 Å². The molecule has 0 radical (unpaired) electrons. The lowest BCUT2D eigenvalue weighted by Crippen LogP contribution is -2.28. The molecule has 0 fully saturated rings. The predicted molar refractivity (Wildman–Crippen MR) is 110 cm³/mol. The third kappa shape index (κ3) is 5.56. The van der Waals surface area contributed by atoms with Crippen molar-refractivity contribution < 1.29 is 9.53 Å². The number of ether oxygens (including phenoxy) is 1. The number of pyridine rings is 1. The first-order valence-electron chi connectivity index (χ1n) is 9.00. The van der Waals surface area contributed by atoms with Gasteiger partial charge in [0.2, 0.25) is 0 Å². The summed E-state index contributed by atoms with van der Waals surface area (Å²) < 4.78 is 5.63. The Hall–Kier alpha value is -2.86. The van der Waals surface area contributed by atoms with Crippen LogP contribution >= 0.6 is 11.3 Å². The second kappa shape index (κ2) is 9.73. The van der Waals surface area contributed by atoms with Crippen LogP contribution in [0.15, 0.2) is 59.4 Å². The number of carbonyl (C=O) groups is 1. The standard InChI is InChI=1S/C21H23N3O2S/c1-2-3-12-26-19-8-6-18(7-9-19)24-21(25)23-14-16-5-4-11-22-20(16)17-10-13-27-15-17/h4-11,13,15H,2-3,12,14H2,1H3,(H2,23,24,25). The average Bonchev–Trinajstić information content (AvgIpc) is 3.23. The summed E-state index contributed by atoms with van der Waals surface area (Å²) >= 11 is 1.63.